The molecule has 2 aliphatic carbocycles. The monoisotopic (exact) mass is 2640 g/mol. The van der Waals surface area contributed by atoms with E-state index < -0.39 is 39.1 Å². The fourth-order valence-corrected chi connectivity index (χ4v) is 23.1. The second-order valence-corrected chi connectivity index (χ2v) is 60.6. The number of rotatable bonds is 18. The van der Waals surface area contributed by atoms with Crippen LogP contribution < -0.4 is 20.7 Å². The Labute approximate surface area is 909 Å². The predicted octanol–water partition coefficient (Wildman–Crippen LogP) is 30.2. The van der Waals surface area contributed by atoms with Gasteiger partial charge in [-0.15, -0.1) is 287 Å². The van der Waals surface area contributed by atoms with Crippen LogP contribution in [0.25, 0.3) is 90.1 Å². The molecule has 742 valence electrons. The van der Waals surface area contributed by atoms with Crippen molar-refractivity contribution in [3.05, 3.63) is 408 Å². The molecule has 8 heterocycles. The van der Waals surface area contributed by atoms with Gasteiger partial charge in [-0.2, -0.15) is 0 Å². The van der Waals surface area contributed by atoms with Crippen LogP contribution in [0, 0.1) is 95.9 Å². The van der Waals surface area contributed by atoms with Crippen LogP contribution in [0.5, 0.6) is 0 Å². The first-order valence-corrected chi connectivity index (χ1v) is 62.9. The fourth-order valence-electron chi connectivity index (χ4n) is 16.6. The summed E-state index contributed by atoms with van der Waals surface area (Å²) in [6.45, 7) is 48.0. The van der Waals surface area contributed by atoms with Crippen molar-refractivity contribution in [3.8, 4) is 90.1 Å². The molecule has 1 unspecified atom stereocenters. The molecular formula is C125H142Ir4N8Si4-8. The van der Waals surface area contributed by atoms with Gasteiger partial charge < -0.3 is 39.9 Å². The molecule has 4 radical (unpaired) electrons. The Morgan fingerprint density at radius 3 is 1.11 bits per heavy atom. The van der Waals surface area contributed by atoms with E-state index in [1.165, 1.54) is 124 Å². The maximum Gasteiger partial charge on any atom is 0.0799 e. The van der Waals surface area contributed by atoms with Crippen LogP contribution in [-0.2, 0) is 106 Å². The van der Waals surface area contributed by atoms with E-state index in [0.29, 0.717) is 17.4 Å². The SMILES string of the molecule is CC(C)Cc1cc(-c2[c-]cccc2)ncc1[Si](C)(C)C.CCC(C)c1cc(-c2[c-]cccc2)ncc1[Si](C)(C)C.CCc1cc(-c2[c-]cccc2)ncc1[Si](C)(C)C.C[Si](C)(C)c1cnc(-c2[c-]cccc2)cc1C1CCCC1.Cc1c[c-]c(-c2ccc(C)cn2)cc1.Cc1ccc(-c2[c-]cccc2)nc1C.[2H]C([2H])([2H])c1cnc(-c2[c-]cccc2)cc1C.[Ir].[Ir].[Ir].[Ir].[c-]1ccccc1-c1cc2c(cn1)CCCC2. The zero-order valence-corrected chi connectivity index (χ0v) is 100. The molecule has 16 heteroatoms. The summed E-state index contributed by atoms with van der Waals surface area (Å²) in [5.41, 5.74) is 31.0. The van der Waals surface area contributed by atoms with Gasteiger partial charge in [0.25, 0.3) is 0 Å². The minimum absolute atomic E-state index is 0. The maximum absolute atomic E-state index is 7.37. The summed E-state index contributed by atoms with van der Waals surface area (Å²) in [5, 5.41) is 6.01. The Bertz CT molecular complexity index is 6500. The van der Waals surface area contributed by atoms with Gasteiger partial charge in [-0.25, -0.2) is 0 Å². The van der Waals surface area contributed by atoms with Crippen molar-refractivity contribution in [1.29, 1.82) is 0 Å². The minimum Gasteiger partial charge on any atom is -0.305 e. The van der Waals surface area contributed by atoms with Crippen LogP contribution in [0.4, 0.5) is 0 Å². The summed E-state index contributed by atoms with van der Waals surface area (Å²) in [6.07, 6.45) is 27.7. The molecule has 8 aromatic carbocycles. The third-order valence-corrected chi connectivity index (χ3v) is 33.0. The summed E-state index contributed by atoms with van der Waals surface area (Å²) in [7, 11) is -5.33. The number of aryl methyl sites for hydroxylation is 9. The average molecular weight is 2640 g/mol. The predicted molar refractivity (Wildman–Crippen MR) is 593 cm³/mol. The van der Waals surface area contributed by atoms with Crippen LogP contribution in [-0.4, -0.2) is 72.2 Å². The molecule has 141 heavy (non-hydrogen) atoms. The number of pyridine rings is 8. The van der Waals surface area contributed by atoms with Gasteiger partial charge in [0.05, 0.1) is 32.3 Å². The largest absolute Gasteiger partial charge is 0.305 e. The van der Waals surface area contributed by atoms with Crippen molar-refractivity contribution in [3.63, 3.8) is 0 Å². The molecule has 8 nitrogen and oxygen atoms in total. The van der Waals surface area contributed by atoms with E-state index in [-0.39, 0.29) is 80.4 Å². The van der Waals surface area contributed by atoms with Gasteiger partial charge in [0.2, 0.25) is 0 Å². The van der Waals surface area contributed by atoms with Gasteiger partial charge in [-0.3, -0.25) is 0 Å². The number of hydrogen-bond acceptors (Lipinski definition) is 8. The summed E-state index contributed by atoms with van der Waals surface area (Å²) >= 11 is 0. The molecule has 0 N–H and O–H groups in total. The smallest absolute Gasteiger partial charge is 0.0799 e. The molecule has 0 spiro atoms. The molecular weight excluding hydrogens is 2490 g/mol. The topological polar surface area (TPSA) is 103 Å². The molecule has 16 aromatic rings. The molecule has 1 fully saturated rings. The molecule has 1 atom stereocenters. The number of aromatic nitrogens is 8. The number of nitrogens with zero attached hydrogens (tertiary/aromatic N) is 8. The summed E-state index contributed by atoms with van der Waals surface area (Å²) in [6, 6.07) is 109. The standard InChI is InChI=1S/C19H24NSi.2C18H24NSi.C16H20NSi.C15H14N.3C13H12N.4Ir/c1-21(2,3)19-14-20-18(16-11-5-4-6-12-16)13-17(19)15-9-7-8-10-15;1-14(2)11-16-12-17(15-9-7-6-8-10-15)19-13-18(16)20(3,4)5;1-6-14(2)16-12-17(15-10-8-7-9-11-15)19-13-18(16)20(3,4)5;1-5-13-11-15(14-9-7-6-8-10-14)17-12-16(13)18(2,3)4;1-2-6-12(7-3-1)15-10-13-8-4-5-9-14(13)11-16-15;1-10-3-6-12(7-4-10)13-8-5-11(2)9-14-13;1-10-8-13(14-9-11(10)2)12-6-4-3-5-7-12;1-10-8-9-13(14-11(10)2)12-6-4-3-5-7-12;;;;/h4-6,11,13-15H,7-10H2,1-3H3;6-9,12-14H,11H2,1-5H3;7-10,12-14H,6H2,1-5H3;6-9,11-12H,5H2,1-4H3;1-3,6,10-11H,4-5,8-9H2;3*3-6,8-9H,1-2H3;;;;/q8*-1;;;;/i;;;;;;2D3;;;;;. The fraction of sp³-hybridized carbons (Fsp3) is 0.296. The molecule has 18 rings (SSSR count). The van der Waals surface area contributed by atoms with E-state index in [2.05, 4.69) is 315 Å². The molecule has 2 aliphatic rings. The molecule has 0 bridgehead atoms. The Morgan fingerprint density at radius 2 is 0.709 bits per heavy atom. The normalized spacial score (nSPS) is 12.5. The van der Waals surface area contributed by atoms with Crippen LogP contribution in [0.2, 0.25) is 78.6 Å². The minimum atomic E-state index is -2.10. The van der Waals surface area contributed by atoms with Crippen molar-refractivity contribution in [2.45, 2.75) is 237 Å². The number of fused-ring (bicyclic) bond motifs is 1. The van der Waals surface area contributed by atoms with Crippen molar-refractivity contribution in [1.82, 2.24) is 39.9 Å². The quantitative estimate of drug-likeness (QED) is 0.0618. The van der Waals surface area contributed by atoms with Crippen molar-refractivity contribution < 1.29 is 84.5 Å². The van der Waals surface area contributed by atoms with E-state index in [9.17, 15) is 0 Å². The van der Waals surface area contributed by atoms with Crippen molar-refractivity contribution >= 4 is 53.0 Å². The zero-order chi connectivity index (χ0) is 101. The van der Waals surface area contributed by atoms with Gasteiger partial charge in [-0.05, 0) is 199 Å². The summed E-state index contributed by atoms with van der Waals surface area (Å²) < 4.78 is 22.1. The summed E-state index contributed by atoms with van der Waals surface area (Å²) in [5.74, 6) is 2.00. The first-order chi connectivity index (χ1) is 66.8. The molecule has 0 saturated heterocycles. The Balaban J connectivity index is 0.000000223. The van der Waals surface area contributed by atoms with E-state index in [0.717, 1.165) is 120 Å². The van der Waals surface area contributed by atoms with Gasteiger partial charge in [-0.1, -0.05) is 227 Å². The number of hydrogen-bond donors (Lipinski definition) is 0. The third kappa shape index (κ3) is 36.3. The van der Waals surface area contributed by atoms with Gasteiger partial charge >= 0.3 is 0 Å². The first-order valence-electron chi connectivity index (χ1n) is 50.4. The van der Waals surface area contributed by atoms with Gasteiger partial charge in [0.1, 0.15) is 0 Å². The van der Waals surface area contributed by atoms with Gasteiger partial charge in [0.15, 0.2) is 0 Å². The molecule has 1 saturated carbocycles. The van der Waals surface area contributed by atoms with Crippen molar-refractivity contribution in [2.75, 3.05) is 0 Å². The Kier molecular flexibility index (Phi) is 46.5. The Hall–Kier alpha value is -9.58. The van der Waals surface area contributed by atoms with E-state index in [4.69, 9.17) is 14.1 Å². The molecule has 0 amide bonds. The molecule has 0 aliphatic heterocycles. The second kappa shape index (κ2) is 57.8. The second-order valence-electron chi connectivity index (χ2n) is 40.5. The van der Waals surface area contributed by atoms with Crippen LogP contribution in [0.1, 0.15) is 162 Å². The zero-order valence-electron chi connectivity index (χ0n) is 89.6. The van der Waals surface area contributed by atoms with E-state index >= 15 is 0 Å². The Morgan fingerprint density at radius 1 is 0.333 bits per heavy atom. The average Bonchev–Trinajstić information content (AvgIpc) is 1.10. The number of benzene rings is 8. The van der Waals surface area contributed by atoms with E-state index in [1.54, 1.807) is 23.7 Å². The van der Waals surface area contributed by atoms with Crippen LogP contribution in [0.15, 0.2) is 292 Å². The molecule has 8 aromatic heterocycles. The van der Waals surface area contributed by atoms with Crippen molar-refractivity contribution in [2.24, 2.45) is 5.92 Å². The van der Waals surface area contributed by atoms with Crippen LogP contribution in [0.3, 0.4) is 0 Å². The maximum atomic E-state index is 7.37. The van der Waals surface area contributed by atoms with Gasteiger partial charge in [0, 0.05) is 134 Å². The summed E-state index contributed by atoms with van der Waals surface area (Å²) in [4.78, 5) is 36.3. The van der Waals surface area contributed by atoms with E-state index in [1.807, 2.05) is 184 Å². The third-order valence-electron chi connectivity index (χ3n) is 24.8. The van der Waals surface area contributed by atoms with Crippen LogP contribution >= 0.6 is 0 Å². The first kappa shape index (κ1) is 113.